The Morgan fingerprint density at radius 3 is 1.61 bits per heavy atom. The fourth-order valence-corrected chi connectivity index (χ4v) is 6.07. The Hall–Kier alpha value is -1.62. The molecule has 0 saturated carbocycles. The summed E-state index contributed by atoms with van der Waals surface area (Å²) in [5, 5.41) is 21.5. The van der Waals surface area contributed by atoms with Crippen LogP contribution in [0.2, 0.25) is 0 Å². The van der Waals surface area contributed by atoms with Crippen LogP contribution in [0.3, 0.4) is 0 Å². The third-order valence-electron chi connectivity index (χ3n) is 8.52. The van der Waals surface area contributed by atoms with Gasteiger partial charge in [-0.05, 0) is 29.2 Å². The van der Waals surface area contributed by atoms with Crippen LogP contribution in [0.4, 0.5) is 0 Å². The van der Waals surface area contributed by atoms with Crippen LogP contribution in [-0.2, 0) is 14.3 Å². The molecule has 0 heterocycles. The highest BCUT2D eigenvalue weighted by Gasteiger charge is 2.55. The summed E-state index contributed by atoms with van der Waals surface area (Å²) in [6, 6.07) is 0. The maximum Gasteiger partial charge on any atom is 0.340 e. The Balaban J connectivity index is 2.26. The Labute approximate surface area is 252 Å². The summed E-state index contributed by atoms with van der Waals surface area (Å²) in [5.74, 6) is -2.06. The number of carboxylic acids is 1. The van der Waals surface area contributed by atoms with Crippen molar-refractivity contribution in [3.8, 4) is 0 Å². The van der Waals surface area contributed by atoms with Crippen LogP contribution >= 0.6 is 0 Å². The lowest BCUT2D eigenvalue weighted by Gasteiger charge is -2.46. The predicted molar refractivity (Wildman–Crippen MR) is 171 cm³/mol. The first-order valence-corrected chi connectivity index (χ1v) is 16.8. The molecule has 0 spiro atoms. The van der Waals surface area contributed by atoms with Crippen molar-refractivity contribution in [1.29, 1.82) is 0 Å². The van der Waals surface area contributed by atoms with Gasteiger partial charge in [-0.3, -0.25) is 4.79 Å². The number of carbonyl (C=O) groups excluding carboxylic acids is 1. The zero-order chi connectivity index (χ0) is 30.9. The quantitative estimate of drug-likeness (QED) is 0.105. The van der Waals surface area contributed by atoms with Gasteiger partial charge in [-0.2, -0.15) is 0 Å². The van der Waals surface area contributed by atoms with E-state index in [1.54, 1.807) is 6.08 Å². The molecular formula is C36H64O5. The lowest BCUT2D eigenvalue weighted by atomic mass is 9.60. The van der Waals surface area contributed by atoms with Crippen molar-refractivity contribution in [1.82, 2.24) is 0 Å². The van der Waals surface area contributed by atoms with Gasteiger partial charge < -0.3 is 14.9 Å². The number of allylic oxidation sites excluding steroid dienone is 2. The van der Waals surface area contributed by atoms with Gasteiger partial charge in [0.25, 0.3) is 0 Å². The zero-order valence-electron chi connectivity index (χ0n) is 27.8. The average Bonchev–Trinajstić information content (AvgIpc) is 2.88. The van der Waals surface area contributed by atoms with E-state index in [4.69, 9.17) is 4.74 Å². The maximum atomic E-state index is 12.4. The molecule has 5 nitrogen and oxygen atoms in total. The van der Waals surface area contributed by atoms with Crippen LogP contribution in [0.15, 0.2) is 23.3 Å². The molecule has 0 aromatic carbocycles. The van der Waals surface area contributed by atoms with Gasteiger partial charge in [0, 0.05) is 12.3 Å². The lowest BCUT2D eigenvalue weighted by molar-refractivity contribution is -0.163. The van der Waals surface area contributed by atoms with Crippen molar-refractivity contribution in [2.45, 2.75) is 170 Å². The van der Waals surface area contributed by atoms with E-state index < -0.39 is 28.3 Å². The first kappa shape index (κ1) is 37.4. The highest BCUT2D eigenvalue weighted by molar-refractivity contribution is 5.84. The predicted octanol–water partition coefficient (Wildman–Crippen LogP) is 9.96. The van der Waals surface area contributed by atoms with E-state index in [2.05, 4.69) is 6.92 Å². The van der Waals surface area contributed by atoms with Gasteiger partial charge in [-0.25, -0.2) is 4.79 Å². The number of rotatable bonds is 21. The molecule has 1 aliphatic rings. The van der Waals surface area contributed by atoms with Gasteiger partial charge in [0.2, 0.25) is 0 Å². The van der Waals surface area contributed by atoms with Crippen LogP contribution in [0.1, 0.15) is 164 Å². The average molecular weight is 577 g/mol. The summed E-state index contributed by atoms with van der Waals surface area (Å²) in [7, 11) is 0. The van der Waals surface area contributed by atoms with Crippen molar-refractivity contribution < 1.29 is 24.5 Å². The molecule has 238 valence electrons. The number of esters is 1. The fraction of sp³-hybridized carbons (Fsp3) is 0.833. The van der Waals surface area contributed by atoms with E-state index in [0.29, 0.717) is 18.6 Å². The first-order chi connectivity index (χ1) is 19.2. The van der Waals surface area contributed by atoms with Gasteiger partial charge in [0.15, 0.2) is 5.60 Å². The summed E-state index contributed by atoms with van der Waals surface area (Å²) < 4.78 is 5.49. The Kier molecular flexibility index (Phi) is 17.2. The van der Waals surface area contributed by atoms with E-state index in [1.165, 1.54) is 89.9 Å². The minimum absolute atomic E-state index is 0.219. The van der Waals surface area contributed by atoms with Gasteiger partial charge in [0.1, 0.15) is 0 Å². The van der Waals surface area contributed by atoms with Gasteiger partial charge >= 0.3 is 11.9 Å². The van der Waals surface area contributed by atoms with Crippen molar-refractivity contribution in [3.05, 3.63) is 23.3 Å². The third kappa shape index (κ3) is 13.9. The van der Waals surface area contributed by atoms with E-state index >= 15 is 0 Å². The maximum absolute atomic E-state index is 12.4. The Morgan fingerprint density at radius 2 is 1.22 bits per heavy atom. The molecule has 1 aliphatic carbocycles. The number of carbonyl (C=O) groups is 2. The monoisotopic (exact) mass is 576 g/mol. The van der Waals surface area contributed by atoms with E-state index in [-0.39, 0.29) is 12.4 Å². The minimum atomic E-state index is -1.98. The van der Waals surface area contributed by atoms with Crippen molar-refractivity contribution in [3.63, 3.8) is 0 Å². The molecule has 5 heteroatoms. The summed E-state index contributed by atoms with van der Waals surface area (Å²) in [6.45, 7) is 14.3. The number of aliphatic carboxylic acids is 1. The molecule has 0 aromatic rings. The number of ether oxygens (including phenoxy) is 1. The molecule has 0 fully saturated rings. The van der Waals surface area contributed by atoms with Gasteiger partial charge in [-0.1, -0.05) is 163 Å². The van der Waals surface area contributed by atoms with E-state index in [9.17, 15) is 19.8 Å². The number of hydrogen-bond acceptors (Lipinski definition) is 4. The molecule has 41 heavy (non-hydrogen) atoms. The van der Waals surface area contributed by atoms with Crippen LogP contribution in [0.5, 0.6) is 0 Å². The number of carboxylic acid groups (broad SMARTS) is 1. The molecule has 0 bridgehead atoms. The van der Waals surface area contributed by atoms with Crippen molar-refractivity contribution >= 4 is 11.9 Å². The molecule has 0 radical (unpaired) electrons. The molecule has 0 saturated heterocycles. The molecule has 0 aliphatic heterocycles. The number of unbranched alkanes of at least 4 members (excludes halogenated alkanes) is 15. The Bertz CT molecular complexity index is 826. The van der Waals surface area contributed by atoms with Crippen LogP contribution < -0.4 is 0 Å². The normalized spacial score (nSPS) is 19.6. The van der Waals surface area contributed by atoms with E-state index in [0.717, 1.165) is 18.4 Å². The molecule has 1 rings (SSSR count). The Morgan fingerprint density at radius 1 is 0.780 bits per heavy atom. The standard InChI is InChI=1S/C36H64O5/c1-8-9-10-11-12-13-14-15-16-17-18-19-20-21-22-23-26-41-32(37)25-24-29-27-30(34(2,3)4)36(40,33(38)39)31(28-29)35(5,6)7/h27-28,30,40H,8-26H2,1-7H3,(H,38,39). The van der Waals surface area contributed by atoms with Crippen LogP contribution in [-0.4, -0.2) is 34.4 Å². The second-order valence-electron chi connectivity index (χ2n) is 14.5. The van der Waals surface area contributed by atoms with Gasteiger partial charge in [0.05, 0.1) is 6.61 Å². The van der Waals surface area contributed by atoms with Crippen molar-refractivity contribution in [2.24, 2.45) is 16.7 Å². The molecule has 2 unspecified atom stereocenters. The fourth-order valence-electron chi connectivity index (χ4n) is 6.07. The third-order valence-corrected chi connectivity index (χ3v) is 8.52. The molecular weight excluding hydrogens is 512 g/mol. The number of hydrogen-bond donors (Lipinski definition) is 2. The van der Waals surface area contributed by atoms with Gasteiger partial charge in [-0.15, -0.1) is 0 Å². The largest absolute Gasteiger partial charge is 0.479 e. The molecule has 0 aromatic heterocycles. The van der Waals surface area contributed by atoms with Crippen LogP contribution in [0.25, 0.3) is 0 Å². The SMILES string of the molecule is CCCCCCCCCCCCCCCCCCOC(=O)CCC1=CC(C(C)(C)C)C(O)(C(=O)O)C(C(C)(C)C)=C1. The molecule has 2 atom stereocenters. The molecule has 2 N–H and O–H groups in total. The van der Waals surface area contributed by atoms with Crippen molar-refractivity contribution in [2.75, 3.05) is 6.61 Å². The summed E-state index contributed by atoms with van der Waals surface area (Å²) >= 11 is 0. The van der Waals surface area contributed by atoms with Crippen LogP contribution in [0, 0.1) is 16.7 Å². The number of aliphatic hydroxyl groups is 1. The second kappa shape index (κ2) is 18.8. The topological polar surface area (TPSA) is 83.8 Å². The summed E-state index contributed by atoms with van der Waals surface area (Å²) in [6.07, 6.45) is 25.4. The first-order valence-electron chi connectivity index (χ1n) is 16.8. The highest BCUT2D eigenvalue weighted by atomic mass is 16.5. The highest BCUT2D eigenvalue weighted by Crippen LogP contribution is 2.49. The second-order valence-corrected chi connectivity index (χ2v) is 14.5. The zero-order valence-corrected chi connectivity index (χ0v) is 27.8. The van der Waals surface area contributed by atoms with E-state index in [1.807, 2.05) is 47.6 Å². The molecule has 0 amide bonds. The summed E-state index contributed by atoms with van der Waals surface area (Å²) in [4.78, 5) is 24.7. The lowest BCUT2D eigenvalue weighted by Crippen LogP contribution is -2.55. The smallest absolute Gasteiger partial charge is 0.340 e. The minimum Gasteiger partial charge on any atom is -0.479 e. The summed E-state index contributed by atoms with van der Waals surface area (Å²) in [5.41, 5.74) is -1.62.